The van der Waals surface area contributed by atoms with Crippen molar-refractivity contribution in [3.63, 3.8) is 0 Å². The van der Waals surface area contributed by atoms with Crippen LogP contribution in [0, 0.1) is 0 Å². The van der Waals surface area contributed by atoms with E-state index in [9.17, 15) is 4.79 Å². The molecule has 0 unspecified atom stereocenters. The fraction of sp³-hybridized carbons (Fsp3) is 0.438. The third-order valence-electron chi connectivity index (χ3n) is 4.36. The molecule has 1 aliphatic heterocycles. The van der Waals surface area contributed by atoms with Crippen LogP contribution in [0.2, 0.25) is 0 Å². The van der Waals surface area contributed by atoms with E-state index in [-0.39, 0.29) is 24.2 Å². The fourth-order valence-corrected chi connectivity index (χ4v) is 3.86. The number of morpholine rings is 1. The number of carbonyl (C=O) groups excluding carboxylic acids is 1. The zero-order chi connectivity index (χ0) is 15.6. The highest BCUT2D eigenvalue weighted by Gasteiger charge is 2.46. The zero-order valence-corrected chi connectivity index (χ0v) is 13.3. The molecule has 7 heteroatoms. The second-order valence-electron chi connectivity index (χ2n) is 5.68. The van der Waals surface area contributed by atoms with E-state index in [2.05, 4.69) is 9.97 Å². The van der Waals surface area contributed by atoms with Crippen molar-refractivity contribution in [2.45, 2.75) is 31.1 Å². The maximum Gasteiger partial charge on any atom is 0.273 e. The molecule has 1 amide bonds. The van der Waals surface area contributed by atoms with Crippen LogP contribution in [0.25, 0.3) is 0 Å². The number of amides is 1. The Labute approximate surface area is 138 Å². The van der Waals surface area contributed by atoms with Crippen molar-refractivity contribution in [1.82, 2.24) is 14.9 Å². The van der Waals surface area contributed by atoms with Crippen LogP contribution in [0.1, 0.15) is 23.3 Å². The van der Waals surface area contributed by atoms with E-state index in [4.69, 9.17) is 9.47 Å². The van der Waals surface area contributed by atoms with E-state index in [0.717, 1.165) is 12.8 Å². The van der Waals surface area contributed by atoms with Crippen molar-refractivity contribution in [2.75, 3.05) is 13.2 Å². The Morgan fingerprint density at radius 2 is 2.30 bits per heavy atom. The molecule has 3 atom stereocenters. The van der Waals surface area contributed by atoms with Gasteiger partial charge in [0.05, 0.1) is 18.2 Å². The van der Waals surface area contributed by atoms with Gasteiger partial charge in [0.15, 0.2) is 0 Å². The van der Waals surface area contributed by atoms with Gasteiger partial charge in [0, 0.05) is 24.2 Å². The van der Waals surface area contributed by atoms with Gasteiger partial charge in [0.1, 0.15) is 17.9 Å². The van der Waals surface area contributed by atoms with Crippen molar-refractivity contribution in [1.29, 1.82) is 0 Å². The van der Waals surface area contributed by atoms with Crippen molar-refractivity contribution in [3.05, 3.63) is 41.0 Å². The average Bonchev–Trinajstić information content (AvgIpc) is 3.25. The van der Waals surface area contributed by atoms with Gasteiger partial charge in [-0.05, 0) is 18.9 Å². The monoisotopic (exact) mass is 331 g/mol. The minimum Gasteiger partial charge on any atom is -0.471 e. The summed E-state index contributed by atoms with van der Waals surface area (Å²) in [5, 5.41) is 1.80. The normalized spacial score (nSPS) is 26.8. The first-order valence-electron chi connectivity index (χ1n) is 7.71. The number of aromatic nitrogens is 2. The van der Waals surface area contributed by atoms with E-state index in [1.807, 2.05) is 23.1 Å². The molecule has 2 aromatic heterocycles. The summed E-state index contributed by atoms with van der Waals surface area (Å²) in [6, 6.07) is 5.64. The molecular weight excluding hydrogens is 314 g/mol. The number of pyridine rings is 1. The minimum atomic E-state index is -0.103. The molecule has 23 heavy (non-hydrogen) atoms. The Kier molecular flexibility index (Phi) is 3.97. The van der Waals surface area contributed by atoms with Gasteiger partial charge in [0.25, 0.3) is 5.91 Å². The molecule has 3 heterocycles. The molecule has 2 aromatic rings. The topological polar surface area (TPSA) is 64.6 Å². The van der Waals surface area contributed by atoms with Gasteiger partial charge in [-0.25, -0.2) is 9.97 Å². The van der Waals surface area contributed by atoms with Crippen LogP contribution >= 0.6 is 11.3 Å². The summed E-state index contributed by atoms with van der Waals surface area (Å²) in [6.45, 7) is 1.13. The van der Waals surface area contributed by atoms with Gasteiger partial charge >= 0.3 is 0 Å². The van der Waals surface area contributed by atoms with Crippen LogP contribution in [-0.2, 0) is 4.74 Å². The molecule has 1 saturated heterocycles. The molecule has 0 bridgehead atoms. The lowest BCUT2D eigenvalue weighted by atomic mass is 10.1. The van der Waals surface area contributed by atoms with Crippen LogP contribution < -0.4 is 4.74 Å². The van der Waals surface area contributed by atoms with E-state index in [1.165, 1.54) is 11.3 Å². The second-order valence-corrected chi connectivity index (χ2v) is 6.40. The number of rotatable bonds is 3. The summed E-state index contributed by atoms with van der Waals surface area (Å²) in [4.78, 5) is 22.9. The highest BCUT2D eigenvalue weighted by atomic mass is 32.1. The van der Waals surface area contributed by atoms with Crippen LogP contribution in [0.5, 0.6) is 5.88 Å². The van der Waals surface area contributed by atoms with Gasteiger partial charge in [-0.15, -0.1) is 11.3 Å². The summed E-state index contributed by atoms with van der Waals surface area (Å²) in [5.74, 6) is 0.590. The summed E-state index contributed by atoms with van der Waals surface area (Å²) in [5.41, 5.74) is 2.21. The molecule has 6 nitrogen and oxygen atoms in total. The predicted molar refractivity (Wildman–Crippen MR) is 84.6 cm³/mol. The molecule has 4 rings (SSSR count). The maximum absolute atomic E-state index is 12.6. The zero-order valence-electron chi connectivity index (χ0n) is 12.5. The smallest absolute Gasteiger partial charge is 0.273 e. The van der Waals surface area contributed by atoms with Crippen molar-refractivity contribution in [2.24, 2.45) is 0 Å². The molecule has 2 aliphatic rings. The average molecular weight is 331 g/mol. The van der Waals surface area contributed by atoms with Gasteiger partial charge in [-0.3, -0.25) is 4.79 Å². The molecule has 0 aromatic carbocycles. The lowest BCUT2D eigenvalue weighted by Gasteiger charge is -2.38. The number of hydrogen-bond donors (Lipinski definition) is 0. The van der Waals surface area contributed by atoms with E-state index in [0.29, 0.717) is 24.7 Å². The standard InChI is InChI=1S/C16H17N3O3S/c20-16(11-9-23-10-18-11)19-7-8-21-15-12(19)4-5-13(15)22-14-3-1-2-6-17-14/h1-3,6,9-10,12-13,15H,4-5,7-8H2/t12-,13-,15+/m1/s1. The summed E-state index contributed by atoms with van der Waals surface area (Å²) < 4.78 is 11.9. The lowest BCUT2D eigenvalue weighted by molar-refractivity contribution is -0.0794. The summed E-state index contributed by atoms with van der Waals surface area (Å²) in [6.07, 6.45) is 3.26. The lowest BCUT2D eigenvalue weighted by Crippen LogP contribution is -2.54. The number of hydrogen-bond acceptors (Lipinski definition) is 6. The van der Waals surface area contributed by atoms with Crippen molar-refractivity contribution in [3.8, 4) is 5.88 Å². The number of nitrogens with zero attached hydrogens (tertiary/aromatic N) is 3. The van der Waals surface area contributed by atoms with E-state index in [1.54, 1.807) is 17.1 Å². The Morgan fingerprint density at radius 1 is 1.35 bits per heavy atom. The molecule has 1 saturated carbocycles. The number of thiazole rings is 1. The van der Waals surface area contributed by atoms with Crippen LogP contribution in [-0.4, -0.2) is 52.2 Å². The molecule has 0 spiro atoms. The Morgan fingerprint density at radius 3 is 3.09 bits per heavy atom. The second kappa shape index (κ2) is 6.25. The highest BCUT2D eigenvalue weighted by molar-refractivity contribution is 7.07. The van der Waals surface area contributed by atoms with Gasteiger partial charge < -0.3 is 14.4 Å². The molecule has 2 fully saturated rings. The largest absolute Gasteiger partial charge is 0.471 e. The first-order chi connectivity index (χ1) is 11.3. The third kappa shape index (κ3) is 2.82. The molecule has 1 aliphatic carbocycles. The maximum atomic E-state index is 12.6. The Balaban J connectivity index is 1.49. The predicted octanol–water partition coefficient (Wildman–Crippen LogP) is 1.99. The third-order valence-corrected chi connectivity index (χ3v) is 4.94. The van der Waals surface area contributed by atoms with E-state index < -0.39 is 0 Å². The van der Waals surface area contributed by atoms with Crippen LogP contribution in [0.3, 0.4) is 0 Å². The summed E-state index contributed by atoms with van der Waals surface area (Å²) >= 11 is 1.44. The SMILES string of the molecule is O=C(c1cscn1)N1CCO[C@H]2[C@H]1CC[C@H]2Oc1ccccn1. The van der Waals surface area contributed by atoms with Crippen LogP contribution in [0.4, 0.5) is 0 Å². The minimum absolute atomic E-state index is 0.0111. The van der Waals surface area contributed by atoms with Crippen molar-refractivity contribution >= 4 is 17.2 Å². The number of carbonyl (C=O) groups is 1. The quantitative estimate of drug-likeness (QED) is 0.860. The first kappa shape index (κ1) is 14.6. The fourth-order valence-electron chi connectivity index (χ4n) is 3.33. The molecule has 120 valence electrons. The van der Waals surface area contributed by atoms with Crippen LogP contribution in [0.15, 0.2) is 35.3 Å². The molecule has 0 radical (unpaired) electrons. The first-order valence-corrected chi connectivity index (χ1v) is 8.65. The highest BCUT2D eigenvalue weighted by Crippen LogP contribution is 2.33. The number of fused-ring (bicyclic) bond motifs is 1. The number of ether oxygens (including phenoxy) is 2. The Hall–Kier alpha value is -1.99. The van der Waals surface area contributed by atoms with Gasteiger partial charge in [0.2, 0.25) is 5.88 Å². The Bertz CT molecular complexity index is 664. The summed E-state index contributed by atoms with van der Waals surface area (Å²) in [7, 11) is 0. The molecule has 0 N–H and O–H groups in total. The molecular formula is C16H17N3O3S. The van der Waals surface area contributed by atoms with Gasteiger partial charge in [-0.1, -0.05) is 6.07 Å². The van der Waals surface area contributed by atoms with Gasteiger partial charge in [-0.2, -0.15) is 0 Å². The van der Waals surface area contributed by atoms with Crippen molar-refractivity contribution < 1.29 is 14.3 Å². The van der Waals surface area contributed by atoms with E-state index >= 15 is 0 Å².